The van der Waals surface area contributed by atoms with Crippen LogP contribution in [0.15, 0.2) is 0 Å². The van der Waals surface area contributed by atoms with E-state index in [9.17, 15) is 18.0 Å². The Hall–Kier alpha value is -0.820. The van der Waals surface area contributed by atoms with Crippen LogP contribution in [-0.2, 0) is 4.79 Å². The molecule has 0 aliphatic heterocycles. The summed E-state index contributed by atoms with van der Waals surface area (Å²) >= 11 is 0. The van der Waals surface area contributed by atoms with Gasteiger partial charge in [-0.1, -0.05) is 0 Å². The molecular formula is C9H17F3N2O2. The van der Waals surface area contributed by atoms with Crippen LogP contribution < -0.4 is 5.32 Å². The lowest BCUT2D eigenvalue weighted by Gasteiger charge is -2.23. The molecule has 0 bridgehead atoms. The van der Waals surface area contributed by atoms with E-state index in [0.717, 1.165) is 0 Å². The predicted octanol–water partition coefficient (Wildman–Crippen LogP) is 0.369. The summed E-state index contributed by atoms with van der Waals surface area (Å²) in [6, 6.07) is 0. The van der Waals surface area contributed by atoms with Crippen molar-refractivity contribution in [2.45, 2.75) is 19.0 Å². The fourth-order valence-corrected chi connectivity index (χ4v) is 1.20. The second-order valence-electron chi connectivity index (χ2n) is 3.36. The SMILES string of the molecule is CNCCCC(=O)N(CCO)CC(F)(F)F. The molecule has 7 heteroatoms. The van der Waals surface area contributed by atoms with Crippen molar-refractivity contribution in [3.8, 4) is 0 Å². The normalized spacial score (nSPS) is 11.6. The number of aliphatic hydroxyl groups is 1. The van der Waals surface area contributed by atoms with E-state index in [1.807, 2.05) is 0 Å². The third-order valence-electron chi connectivity index (χ3n) is 1.91. The minimum atomic E-state index is -4.42. The molecule has 0 aromatic heterocycles. The number of hydrogen-bond donors (Lipinski definition) is 2. The molecule has 0 fully saturated rings. The molecule has 0 spiro atoms. The van der Waals surface area contributed by atoms with Gasteiger partial charge in [0.05, 0.1) is 6.61 Å². The van der Waals surface area contributed by atoms with Gasteiger partial charge in [0.2, 0.25) is 5.91 Å². The lowest BCUT2D eigenvalue weighted by molar-refractivity contribution is -0.162. The van der Waals surface area contributed by atoms with E-state index in [2.05, 4.69) is 5.32 Å². The third kappa shape index (κ3) is 7.47. The molecule has 0 heterocycles. The smallest absolute Gasteiger partial charge is 0.395 e. The maximum Gasteiger partial charge on any atom is 0.406 e. The second-order valence-corrected chi connectivity index (χ2v) is 3.36. The van der Waals surface area contributed by atoms with Crippen LogP contribution in [0.25, 0.3) is 0 Å². The highest BCUT2D eigenvalue weighted by molar-refractivity contribution is 5.76. The summed E-state index contributed by atoms with van der Waals surface area (Å²) in [6.45, 7) is -1.47. The van der Waals surface area contributed by atoms with Crippen LogP contribution in [0.5, 0.6) is 0 Å². The molecule has 16 heavy (non-hydrogen) atoms. The zero-order valence-corrected chi connectivity index (χ0v) is 9.18. The summed E-state index contributed by atoms with van der Waals surface area (Å²) in [5, 5.41) is 11.4. The topological polar surface area (TPSA) is 52.6 Å². The number of carbonyl (C=O) groups excluding carboxylic acids is 1. The van der Waals surface area contributed by atoms with Crippen molar-refractivity contribution in [1.29, 1.82) is 0 Å². The van der Waals surface area contributed by atoms with Crippen molar-refractivity contribution in [2.24, 2.45) is 0 Å². The molecule has 0 radical (unpaired) electrons. The van der Waals surface area contributed by atoms with Crippen molar-refractivity contribution in [3.05, 3.63) is 0 Å². The molecule has 2 N–H and O–H groups in total. The first kappa shape index (κ1) is 15.2. The second kappa shape index (κ2) is 7.45. The van der Waals surface area contributed by atoms with Crippen LogP contribution in [0.4, 0.5) is 13.2 Å². The van der Waals surface area contributed by atoms with Gasteiger partial charge in [-0.25, -0.2) is 0 Å². The van der Waals surface area contributed by atoms with Crippen LogP contribution in [0, 0.1) is 0 Å². The van der Waals surface area contributed by atoms with Crippen LogP contribution in [0.3, 0.4) is 0 Å². The first-order valence-corrected chi connectivity index (χ1v) is 5.00. The third-order valence-corrected chi connectivity index (χ3v) is 1.91. The number of carbonyl (C=O) groups is 1. The highest BCUT2D eigenvalue weighted by atomic mass is 19.4. The molecule has 1 amide bonds. The Morgan fingerprint density at radius 2 is 2.06 bits per heavy atom. The van der Waals surface area contributed by atoms with Crippen molar-refractivity contribution in [2.75, 3.05) is 33.3 Å². The van der Waals surface area contributed by atoms with Crippen molar-refractivity contribution >= 4 is 5.91 Å². The zero-order chi connectivity index (χ0) is 12.6. The van der Waals surface area contributed by atoms with E-state index in [4.69, 9.17) is 5.11 Å². The van der Waals surface area contributed by atoms with Gasteiger partial charge in [0.25, 0.3) is 0 Å². The highest BCUT2D eigenvalue weighted by Crippen LogP contribution is 2.16. The number of hydrogen-bond acceptors (Lipinski definition) is 3. The average molecular weight is 242 g/mol. The molecule has 0 unspecified atom stereocenters. The Bertz CT molecular complexity index is 209. The maximum absolute atomic E-state index is 12.1. The molecule has 96 valence electrons. The number of nitrogens with zero attached hydrogens (tertiary/aromatic N) is 1. The molecule has 0 saturated heterocycles. The lowest BCUT2D eigenvalue weighted by Crippen LogP contribution is -2.40. The standard InChI is InChI=1S/C9H17F3N2O2/c1-13-4-2-3-8(16)14(5-6-15)7-9(10,11)12/h13,15H,2-7H2,1H3. The van der Waals surface area contributed by atoms with Crippen LogP contribution in [-0.4, -0.2) is 55.4 Å². The lowest BCUT2D eigenvalue weighted by atomic mass is 10.2. The van der Waals surface area contributed by atoms with Crippen LogP contribution in [0.1, 0.15) is 12.8 Å². The van der Waals surface area contributed by atoms with Gasteiger partial charge < -0.3 is 15.3 Å². The Labute approximate surface area is 92.4 Å². The summed E-state index contributed by atoms with van der Waals surface area (Å²) < 4.78 is 36.3. The Balaban J connectivity index is 4.13. The summed E-state index contributed by atoms with van der Waals surface area (Å²) in [7, 11) is 1.70. The van der Waals surface area contributed by atoms with Gasteiger partial charge in [-0.3, -0.25) is 4.79 Å². The number of rotatable bonds is 7. The van der Waals surface area contributed by atoms with Gasteiger partial charge in [-0.15, -0.1) is 0 Å². The zero-order valence-electron chi connectivity index (χ0n) is 9.18. The van der Waals surface area contributed by atoms with Crippen LogP contribution >= 0.6 is 0 Å². The first-order chi connectivity index (χ1) is 7.40. The minimum Gasteiger partial charge on any atom is -0.395 e. The molecule has 0 aromatic carbocycles. The van der Waals surface area contributed by atoms with E-state index >= 15 is 0 Å². The fourth-order valence-electron chi connectivity index (χ4n) is 1.20. The van der Waals surface area contributed by atoms with Gasteiger partial charge in [-0.05, 0) is 20.0 Å². The summed E-state index contributed by atoms with van der Waals surface area (Å²) in [4.78, 5) is 12.0. The highest BCUT2D eigenvalue weighted by Gasteiger charge is 2.32. The Morgan fingerprint density at radius 3 is 2.50 bits per heavy atom. The summed E-state index contributed by atoms with van der Waals surface area (Å²) in [5.74, 6) is -0.582. The van der Waals surface area contributed by atoms with Gasteiger partial charge in [0, 0.05) is 13.0 Å². The molecule has 4 nitrogen and oxygen atoms in total. The van der Waals surface area contributed by atoms with Crippen molar-refractivity contribution < 1.29 is 23.1 Å². The van der Waals surface area contributed by atoms with Crippen molar-refractivity contribution in [1.82, 2.24) is 10.2 Å². The molecule has 0 rings (SSSR count). The van der Waals surface area contributed by atoms with E-state index in [0.29, 0.717) is 17.9 Å². The Morgan fingerprint density at radius 1 is 1.44 bits per heavy atom. The average Bonchev–Trinajstić information content (AvgIpc) is 2.15. The minimum absolute atomic E-state index is 0.0525. The van der Waals surface area contributed by atoms with E-state index in [1.165, 1.54) is 0 Å². The number of halogens is 3. The number of nitrogens with one attached hydrogen (secondary N) is 1. The van der Waals surface area contributed by atoms with E-state index in [-0.39, 0.29) is 13.0 Å². The molecule has 0 saturated carbocycles. The number of aliphatic hydroxyl groups excluding tert-OH is 1. The maximum atomic E-state index is 12.1. The number of alkyl halides is 3. The fraction of sp³-hybridized carbons (Fsp3) is 0.889. The Kier molecular flexibility index (Phi) is 7.07. The van der Waals surface area contributed by atoms with E-state index < -0.39 is 25.2 Å². The summed E-state index contributed by atoms with van der Waals surface area (Å²) in [5.41, 5.74) is 0. The largest absolute Gasteiger partial charge is 0.406 e. The van der Waals surface area contributed by atoms with Gasteiger partial charge in [0.1, 0.15) is 6.54 Å². The molecule has 0 aromatic rings. The van der Waals surface area contributed by atoms with Crippen molar-refractivity contribution in [3.63, 3.8) is 0 Å². The predicted molar refractivity (Wildman–Crippen MR) is 52.9 cm³/mol. The molecule has 0 aliphatic rings. The van der Waals surface area contributed by atoms with Crippen LogP contribution in [0.2, 0.25) is 0 Å². The molecule has 0 aliphatic carbocycles. The van der Waals surface area contributed by atoms with E-state index in [1.54, 1.807) is 7.05 Å². The number of amides is 1. The van der Waals surface area contributed by atoms with Gasteiger partial charge >= 0.3 is 6.18 Å². The van der Waals surface area contributed by atoms with Gasteiger partial charge in [0.15, 0.2) is 0 Å². The molecular weight excluding hydrogens is 225 g/mol. The monoisotopic (exact) mass is 242 g/mol. The summed E-state index contributed by atoms with van der Waals surface area (Å²) in [6.07, 6.45) is -3.89. The van der Waals surface area contributed by atoms with Gasteiger partial charge in [-0.2, -0.15) is 13.2 Å². The molecule has 0 atom stereocenters. The quantitative estimate of drug-likeness (QED) is 0.634. The first-order valence-electron chi connectivity index (χ1n) is 5.00.